The normalized spacial score (nSPS) is 17.2. The molecule has 0 saturated heterocycles. The molecule has 0 spiro atoms. The lowest BCUT2D eigenvalue weighted by atomic mass is 9.81. The Balaban J connectivity index is 1.10. The summed E-state index contributed by atoms with van der Waals surface area (Å²) in [4.78, 5) is 14.6. The second-order valence-electron chi connectivity index (χ2n) is 16.2. The van der Waals surface area contributed by atoms with E-state index in [2.05, 4.69) is 50.2 Å². The molecule has 5 heteroatoms. The number of hydrogen-bond donors (Lipinski definition) is 0. The number of fused-ring (bicyclic) bond motifs is 9. The van der Waals surface area contributed by atoms with Gasteiger partial charge in [0.05, 0.1) is 49.5 Å². The molecule has 1 aliphatic carbocycles. The van der Waals surface area contributed by atoms with E-state index >= 15 is 0 Å². The molecule has 306 valence electrons. The minimum absolute atomic E-state index is 0.227. The van der Waals surface area contributed by atoms with Gasteiger partial charge >= 0.3 is 0 Å². The summed E-state index contributed by atoms with van der Waals surface area (Å²) in [6, 6.07) is 14.7. The summed E-state index contributed by atoms with van der Waals surface area (Å²) in [5, 5.41) is -1.43. The smallest absolute Gasteiger partial charge is 0.240 e. The first-order chi connectivity index (χ1) is 40.3. The summed E-state index contributed by atoms with van der Waals surface area (Å²) in [6.07, 6.45) is 0. The fourth-order valence-electron chi connectivity index (χ4n) is 9.09. The highest BCUT2D eigenvalue weighted by atomic mass is 15.3. The Morgan fingerprint density at radius 1 is 0.385 bits per heavy atom. The molecule has 0 unspecified atom stereocenters. The lowest BCUT2D eigenvalue weighted by molar-refractivity contribution is 0.660. The zero-order valence-corrected chi connectivity index (χ0v) is 34.4. The number of para-hydroxylation sites is 3. The van der Waals surface area contributed by atoms with Crippen LogP contribution in [0.5, 0.6) is 0 Å². The van der Waals surface area contributed by atoms with Crippen molar-refractivity contribution in [3.63, 3.8) is 0 Å². The van der Waals surface area contributed by atoms with Gasteiger partial charge in [0, 0.05) is 32.5 Å². The van der Waals surface area contributed by atoms with Crippen molar-refractivity contribution in [2.24, 2.45) is 0 Å². The Labute approximate surface area is 404 Å². The third-order valence-electron chi connectivity index (χ3n) is 12.2. The van der Waals surface area contributed by atoms with Crippen molar-refractivity contribution in [1.29, 1.82) is 0 Å². The van der Waals surface area contributed by atoms with Gasteiger partial charge in [-0.25, -0.2) is 0 Å². The van der Waals surface area contributed by atoms with Crippen LogP contribution in [-0.4, -0.2) is 24.1 Å². The van der Waals surface area contributed by atoms with Crippen LogP contribution in [0.2, 0.25) is 0 Å². The van der Waals surface area contributed by atoms with Crippen molar-refractivity contribution >= 4 is 43.6 Å². The highest BCUT2D eigenvalue weighted by Crippen LogP contribution is 2.49. The van der Waals surface area contributed by atoms with Crippen LogP contribution >= 0.6 is 0 Å². The predicted octanol–water partition coefficient (Wildman–Crippen LogP) is 15.0. The van der Waals surface area contributed by atoms with E-state index in [0.29, 0.717) is 0 Å². The van der Waals surface area contributed by atoms with Crippen LogP contribution in [-0.2, 0) is 5.41 Å². The summed E-state index contributed by atoms with van der Waals surface area (Å²) in [5.41, 5.74) is 5.41. The van der Waals surface area contributed by atoms with Crippen molar-refractivity contribution in [2.75, 3.05) is 0 Å². The van der Waals surface area contributed by atoms with Gasteiger partial charge in [0.25, 0.3) is 0 Å². The van der Waals surface area contributed by atoms with Crippen LogP contribution in [0.3, 0.4) is 0 Å². The fraction of sp³-hybridized carbons (Fsp3) is 0.0500. The van der Waals surface area contributed by atoms with Crippen LogP contribution in [0, 0.1) is 0 Å². The highest BCUT2D eigenvalue weighted by molar-refractivity contribution is 6.11. The van der Waals surface area contributed by atoms with Crippen molar-refractivity contribution in [2.45, 2.75) is 19.3 Å². The number of benzene rings is 9. The molecule has 5 nitrogen and oxygen atoms in total. The van der Waals surface area contributed by atoms with Gasteiger partial charge in [0.2, 0.25) is 11.9 Å². The lowest BCUT2D eigenvalue weighted by Crippen LogP contribution is -2.14. The number of hydrogen-bond acceptors (Lipinski definition) is 3. The Kier molecular flexibility index (Phi) is 4.91. The van der Waals surface area contributed by atoms with E-state index < -0.39 is 160 Å². The van der Waals surface area contributed by atoms with E-state index in [1.165, 1.54) is 22.3 Å². The first kappa shape index (κ1) is 22.3. The molecule has 12 aromatic rings. The van der Waals surface area contributed by atoms with E-state index in [4.69, 9.17) is 32.8 Å². The second kappa shape index (κ2) is 14.3. The molecule has 0 fully saturated rings. The van der Waals surface area contributed by atoms with Gasteiger partial charge in [0.1, 0.15) is 0 Å². The summed E-state index contributed by atoms with van der Waals surface area (Å²) in [6.45, 7) is 4.43. The van der Waals surface area contributed by atoms with Crippen molar-refractivity contribution in [3.8, 4) is 67.8 Å². The van der Waals surface area contributed by atoms with E-state index in [0.717, 1.165) is 31.4 Å². The molecular weight excluding hydrogens is 791 g/mol. The average Bonchev–Trinajstić information content (AvgIpc) is 1.60. The van der Waals surface area contributed by atoms with Crippen LogP contribution in [0.4, 0.5) is 0 Å². The zero-order chi connectivity index (χ0) is 60.6. The zero-order valence-electron chi connectivity index (χ0n) is 54.4. The Hall–Kier alpha value is -8.41. The lowest BCUT2D eigenvalue weighted by Gasteiger charge is -2.22. The predicted molar refractivity (Wildman–Crippen MR) is 268 cm³/mol. The summed E-state index contributed by atoms with van der Waals surface area (Å²) >= 11 is 0. The molecule has 0 bridgehead atoms. The van der Waals surface area contributed by atoms with Crippen LogP contribution in [0.15, 0.2) is 212 Å². The van der Waals surface area contributed by atoms with Crippen molar-refractivity contribution in [3.05, 3.63) is 223 Å². The molecule has 0 radical (unpaired) electrons. The molecule has 65 heavy (non-hydrogen) atoms. The third-order valence-corrected chi connectivity index (χ3v) is 12.2. The van der Waals surface area contributed by atoms with Crippen molar-refractivity contribution in [1.82, 2.24) is 24.1 Å². The summed E-state index contributed by atoms with van der Waals surface area (Å²) in [5.74, 6) is -1.37. The summed E-state index contributed by atoms with van der Waals surface area (Å²) < 4.78 is 182. The monoisotopic (exact) mass is 851 g/mol. The van der Waals surface area contributed by atoms with Crippen LogP contribution in [0.25, 0.3) is 111 Å². The highest BCUT2D eigenvalue weighted by Gasteiger charge is 2.35. The third kappa shape index (κ3) is 5.82. The maximum atomic E-state index is 9.92. The Morgan fingerprint density at radius 2 is 0.908 bits per heavy atom. The van der Waals surface area contributed by atoms with E-state index in [-0.39, 0.29) is 44.0 Å². The molecule has 9 aromatic carbocycles. The molecule has 0 saturated carbocycles. The van der Waals surface area contributed by atoms with Gasteiger partial charge in [0.15, 0.2) is 5.82 Å². The maximum Gasteiger partial charge on any atom is 0.240 e. The molecule has 3 heterocycles. The number of nitrogens with zero attached hydrogens (tertiary/aromatic N) is 5. The summed E-state index contributed by atoms with van der Waals surface area (Å²) in [7, 11) is 0. The van der Waals surface area contributed by atoms with Crippen molar-refractivity contribution < 1.29 is 27.4 Å². The molecule has 0 N–H and O–H groups in total. The van der Waals surface area contributed by atoms with Gasteiger partial charge in [-0.15, -0.1) is 0 Å². The molecule has 0 atom stereocenters. The average molecular weight is 852 g/mol. The molecule has 13 rings (SSSR count). The van der Waals surface area contributed by atoms with Gasteiger partial charge < -0.3 is 0 Å². The standard InChI is InChI=1S/C60H41N5/c1-60(2)51-23-10-6-19-45(51)46-33-31-43(36-52(46)60)42-18-14-17-41(35-42)39-27-29-40(30-28-39)57-61-58(64-53-24-11-7-20-47(53)48-21-8-12-25-54(48)64)63-59(62-57)65-55-26-13-9-22-49(55)50-34-32-44(37-56(50)65)38-15-4-3-5-16-38/h3-37H,1-2H3/i3D,4D,5D,7D,8D,9D,11D,12D,13D,15D,16D,20D,21D,22D,24D,25D,26D,32D,34D,37D. The van der Waals surface area contributed by atoms with E-state index in [1.807, 2.05) is 30.3 Å². The molecule has 0 aliphatic heterocycles. The molecule has 3 aromatic heterocycles. The van der Waals surface area contributed by atoms with Crippen LogP contribution < -0.4 is 0 Å². The number of rotatable bonds is 6. The van der Waals surface area contributed by atoms with Gasteiger partial charge in [-0.2, -0.15) is 15.0 Å². The fourth-order valence-corrected chi connectivity index (χ4v) is 9.09. The number of aromatic nitrogens is 5. The minimum atomic E-state index is -0.822. The maximum absolute atomic E-state index is 9.92. The second-order valence-corrected chi connectivity index (χ2v) is 16.2. The first-order valence-electron chi connectivity index (χ1n) is 30.6. The quantitative estimate of drug-likeness (QED) is 0.167. The van der Waals surface area contributed by atoms with Gasteiger partial charge in [-0.05, 0) is 91.9 Å². The van der Waals surface area contributed by atoms with Crippen LogP contribution in [0.1, 0.15) is 52.4 Å². The molecule has 1 aliphatic rings. The van der Waals surface area contributed by atoms with E-state index in [1.54, 1.807) is 24.3 Å². The molecular formula is C60H41N5. The first-order valence-corrected chi connectivity index (χ1v) is 20.6. The minimum Gasteiger partial charge on any atom is -0.278 e. The largest absolute Gasteiger partial charge is 0.278 e. The SMILES string of the molecule is [2H]c1c([2H])c([2H])c(-c2c([2H])c([2H])c3c4c([2H])c([2H])c([2H])c([2H])c4n(-c4nc(-c5ccc(-c6cccc(-c7ccc8c(c7)C(C)(C)c7ccccc7-8)c6)cc5)nc(-n5c6c([2H])c([2H])c([2H])c([2H])c6c6c([2H])c([2H])c([2H])c([2H])c65)n4)c3c2[2H])c([2H])c1[2H]. The van der Waals surface area contributed by atoms with Gasteiger partial charge in [-0.3, -0.25) is 9.13 Å². The topological polar surface area (TPSA) is 48.5 Å². The van der Waals surface area contributed by atoms with E-state index in [9.17, 15) is 9.60 Å². The Bertz CT molecular complexity index is 4950. The molecule has 0 amide bonds. The van der Waals surface area contributed by atoms with Gasteiger partial charge in [-0.1, -0.05) is 189 Å². The Morgan fingerprint density at radius 3 is 1.58 bits per heavy atom.